The Morgan fingerprint density at radius 1 is 1.00 bits per heavy atom. The van der Waals surface area contributed by atoms with Gasteiger partial charge in [-0.3, -0.25) is 0 Å². The van der Waals surface area contributed by atoms with Gasteiger partial charge in [-0.15, -0.1) is 0 Å². The lowest BCUT2D eigenvalue weighted by Gasteiger charge is -2.13. The van der Waals surface area contributed by atoms with Crippen LogP contribution in [0.3, 0.4) is 0 Å². The molecule has 0 saturated heterocycles. The number of esters is 1. The van der Waals surface area contributed by atoms with Crippen LogP contribution in [0.5, 0.6) is 11.5 Å². The Hall–Kier alpha value is -2.83. The summed E-state index contributed by atoms with van der Waals surface area (Å²) in [5, 5.41) is 0. The summed E-state index contributed by atoms with van der Waals surface area (Å²) in [7, 11) is 1.10. The highest BCUT2D eigenvalue weighted by Gasteiger charge is 2.27. The van der Waals surface area contributed by atoms with Crippen LogP contribution in [0, 0.1) is 23.3 Å². The van der Waals surface area contributed by atoms with E-state index in [4.69, 9.17) is 4.74 Å². The van der Waals surface area contributed by atoms with Crippen molar-refractivity contribution < 1.29 is 31.8 Å². The van der Waals surface area contributed by atoms with Crippen LogP contribution >= 0.6 is 0 Å². The molecule has 0 fully saturated rings. The van der Waals surface area contributed by atoms with Crippen molar-refractivity contribution in [1.82, 2.24) is 0 Å². The summed E-state index contributed by atoms with van der Waals surface area (Å²) < 4.78 is 65.4. The van der Waals surface area contributed by atoms with Crippen molar-refractivity contribution in [1.29, 1.82) is 0 Å². The second-order valence-corrected chi connectivity index (χ2v) is 4.59. The zero-order valence-electron chi connectivity index (χ0n) is 12.7. The van der Waals surface area contributed by atoms with Crippen molar-refractivity contribution in [2.24, 2.45) is 0 Å². The van der Waals surface area contributed by atoms with E-state index in [9.17, 15) is 22.4 Å². The molecule has 0 heterocycles. The average molecular weight is 340 g/mol. The van der Waals surface area contributed by atoms with Crippen LogP contribution in [-0.2, 0) is 4.74 Å². The smallest absolute Gasteiger partial charge is 0.341 e. The van der Waals surface area contributed by atoms with Crippen LogP contribution < -0.4 is 4.74 Å². The summed E-state index contributed by atoms with van der Waals surface area (Å²) in [5.74, 6) is -9.04. The summed E-state index contributed by atoms with van der Waals surface area (Å²) in [4.78, 5) is 11.6. The van der Waals surface area contributed by atoms with Gasteiger partial charge in [-0.2, -0.15) is 8.78 Å². The summed E-state index contributed by atoms with van der Waals surface area (Å²) in [6.07, 6.45) is 2.12. The monoisotopic (exact) mass is 340 g/mol. The molecule has 0 aromatic heterocycles. The SMILES string of the molecule is C/C=C/c1c(F)c(F)c(Oc2ccccc2C(=O)OC)c(F)c1F. The largest absolute Gasteiger partial charge is 0.465 e. The Morgan fingerprint density at radius 3 is 2.12 bits per heavy atom. The van der Waals surface area contributed by atoms with E-state index in [0.29, 0.717) is 0 Å². The summed E-state index contributed by atoms with van der Waals surface area (Å²) in [6.45, 7) is 1.44. The van der Waals surface area contributed by atoms with E-state index in [1.807, 2.05) is 0 Å². The van der Waals surface area contributed by atoms with Gasteiger partial charge in [-0.1, -0.05) is 24.3 Å². The topological polar surface area (TPSA) is 35.5 Å². The fourth-order valence-electron chi connectivity index (χ4n) is 1.98. The third kappa shape index (κ3) is 3.10. The quantitative estimate of drug-likeness (QED) is 0.453. The summed E-state index contributed by atoms with van der Waals surface area (Å²) in [6, 6.07) is 5.36. The maximum absolute atomic E-state index is 14.1. The molecule has 0 radical (unpaired) electrons. The Kier molecular flexibility index (Phi) is 5.23. The lowest BCUT2D eigenvalue weighted by atomic mass is 10.1. The van der Waals surface area contributed by atoms with Crippen molar-refractivity contribution in [2.75, 3.05) is 7.11 Å². The van der Waals surface area contributed by atoms with Crippen molar-refractivity contribution >= 4 is 12.0 Å². The molecule has 0 spiro atoms. The molecule has 0 bridgehead atoms. The fraction of sp³-hybridized carbons (Fsp3) is 0.118. The predicted molar refractivity (Wildman–Crippen MR) is 78.8 cm³/mol. The average Bonchev–Trinajstić information content (AvgIpc) is 2.60. The lowest BCUT2D eigenvalue weighted by molar-refractivity contribution is 0.0597. The molecule has 126 valence electrons. The van der Waals surface area contributed by atoms with E-state index in [-0.39, 0.29) is 11.3 Å². The highest BCUT2D eigenvalue weighted by molar-refractivity contribution is 5.92. The number of halogens is 4. The zero-order chi connectivity index (χ0) is 17.9. The van der Waals surface area contributed by atoms with Crippen LogP contribution in [0.1, 0.15) is 22.8 Å². The third-order valence-corrected chi connectivity index (χ3v) is 3.09. The van der Waals surface area contributed by atoms with Gasteiger partial charge in [0.15, 0.2) is 11.6 Å². The molecule has 2 aromatic rings. The molecule has 2 aromatic carbocycles. The molecular weight excluding hydrogens is 328 g/mol. The van der Waals surface area contributed by atoms with E-state index in [1.165, 1.54) is 37.3 Å². The number of allylic oxidation sites excluding steroid dienone is 1. The van der Waals surface area contributed by atoms with Gasteiger partial charge in [0.25, 0.3) is 0 Å². The highest BCUT2D eigenvalue weighted by atomic mass is 19.2. The van der Waals surface area contributed by atoms with Gasteiger partial charge in [0.2, 0.25) is 17.4 Å². The second kappa shape index (κ2) is 7.16. The predicted octanol–water partition coefficient (Wildman–Crippen LogP) is 4.86. The van der Waals surface area contributed by atoms with Gasteiger partial charge in [-0.05, 0) is 19.1 Å². The van der Waals surface area contributed by atoms with Crippen molar-refractivity contribution in [2.45, 2.75) is 6.92 Å². The van der Waals surface area contributed by atoms with E-state index in [0.717, 1.165) is 13.2 Å². The van der Waals surface area contributed by atoms with Crippen LogP contribution in [0.4, 0.5) is 17.6 Å². The van der Waals surface area contributed by atoms with E-state index < -0.39 is 40.6 Å². The number of hydrogen-bond donors (Lipinski definition) is 0. The minimum atomic E-state index is -1.71. The fourth-order valence-corrected chi connectivity index (χ4v) is 1.98. The first-order valence-electron chi connectivity index (χ1n) is 6.76. The molecule has 3 nitrogen and oxygen atoms in total. The third-order valence-electron chi connectivity index (χ3n) is 3.09. The molecule has 0 aliphatic heterocycles. The van der Waals surface area contributed by atoms with Gasteiger partial charge in [0.05, 0.1) is 12.7 Å². The van der Waals surface area contributed by atoms with Crippen LogP contribution in [0.15, 0.2) is 30.3 Å². The van der Waals surface area contributed by atoms with E-state index in [2.05, 4.69) is 4.74 Å². The molecule has 0 aliphatic rings. The lowest BCUT2D eigenvalue weighted by Crippen LogP contribution is -2.07. The molecule has 0 unspecified atom stereocenters. The highest BCUT2D eigenvalue weighted by Crippen LogP contribution is 2.35. The van der Waals surface area contributed by atoms with Crippen LogP contribution in [-0.4, -0.2) is 13.1 Å². The number of carbonyl (C=O) groups is 1. The number of rotatable bonds is 4. The van der Waals surface area contributed by atoms with Gasteiger partial charge < -0.3 is 9.47 Å². The molecule has 0 N–H and O–H groups in total. The number of carbonyl (C=O) groups excluding carboxylic acids is 1. The number of para-hydroxylation sites is 1. The number of methoxy groups -OCH3 is 1. The Balaban J connectivity index is 2.59. The van der Waals surface area contributed by atoms with Crippen LogP contribution in [0.2, 0.25) is 0 Å². The Bertz CT molecular complexity index is 787. The first kappa shape index (κ1) is 17.5. The first-order chi connectivity index (χ1) is 11.4. The minimum absolute atomic E-state index is 0.155. The van der Waals surface area contributed by atoms with Gasteiger partial charge >= 0.3 is 5.97 Å². The number of benzene rings is 2. The minimum Gasteiger partial charge on any atom is -0.465 e. The normalized spacial score (nSPS) is 10.9. The Labute approximate surface area is 135 Å². The molecule has 0 aliphatic carbocycles. The van der Waals surface area contributed by atoms with E-state index >= 15 is 0 Å². The van der Waals surface area contributed by atoms with Gasteiger partial charge in [-0.25, -0.2) is 13.6 Å². The summed E-state index contributed by atoms with van der Waals surface area (Å²) in [5.41, 5.74) is -1.02. The standard InChI is InChI=1S/C17H12F4O3/c1-3-6-10-12(18)14(20)16(15(21)13(10)19)24-11-8-5-4-7-9(11)17(22)23-2/h3-8H,1-2H3/b6-3+. The van der Waals surface area contributed by atoms with Crippen LogP contribution in [0.25, 0.3) is 6.08 Å². The van der Waals surface area contributed by atoms with E-state index in [1.54, 1.807) is 0 Å². The number of hydrogen-bond acceptors (Lipinski definition) is 3. The zero-order valence-corrected chi connectivity index (χ0v) is 12.7. The first-order valence-corrected chi connectivity index (χ1v) is 6.76. The maximum Gasteiger partial charge on any atom is 0.341 e. The molecule has 7 heteroatoms. The van der Waals surface area contributed by atoms with Gasteiger partial charge in [0, 0.05) is 0 Å². The molecule has 0 atom stereocenters. The molecule has 0 saturated carbocycles. The van der Waals surface area contributed by atoms with Crippen molar-refractivity contribution in [3.05, 3.63) is 64.7 Å². The van der Waals surface area contributed by atoms with Gasteiger partial charge in [0.1, 0.15) is 11.3 Å². The second-order valence-electron chi connectivity index (χ2n) is 4.59. The molecular formula is C17H12F4O3. The van der Waals surface area contributed by atoms with Crippen molar-refractivity contribution in [3.8, 4) is 11.5 Å². The molecule has 0 amide bonds. The number of ether oxygens (including phenoxy) is 2. The molecule has 24 heavy (non-hydrogen) atoms. The molecule has 2 rings (SSSR count). The maximum atomic E-state index is 14.1. The van der Waals surface area contributed by atoms with Crippen molar-refractivity contribution in [3.63, 3.8) is 0 Å². The summed E-state index contributed by atoms with van der Waals surface area (Å²) >= 11 is 0. The Morgan fingerprint density at radius 2 is 1.58 bits per heavy atom.